The van der Waals surface area contributed by atoms with Crippen LogP contribution in [-0.2, 0) is 4.79 Å². The lowest BCUT2D eigenvalue weighted by Gasteiger charge is -2.10. The van der Waals surface area contributed by atoms with Crippen molar-refractivity contribution >= 4 is 56.9 Å². The van der Waals surface area contributed by atoms with Crippen LogP contribution in [0.5, 0.6) is 0 Å². The molecule has 150 valence electrons. The van der Waals surface area contributed by atoms with Crippen LogP contribution in [0.15, 0.2) is 58.1 Å². The normalized spacial score (nSPS) is 11.1. The van der Waals surface area contributed by atoms with E-state index in [1.807, 2.05) is 56.3 Å². The number of amides is 1. The molecular formula is C21H19BrCl2N4O. The lowest BCUT2D eigenvalue weighted by atomic mass is 10.2. The van der Waals surface area contributed by atoms with Gasteiger partial charge in [-0.05, 0) is 62.4 Å². The van der Waals surface area contributed by atoms with Gasteiger partial charge in [0.15, 0.2) is 0 Å². The third kappa shape index (κ3) is 5.41. The zero-order valence-corrected chi connectivity index (χ0v) is 18.9. The first-order valence-electron chi connectivity index (χ1n) is 8.81. The number of nitrogens with one attached hydrogen (secondary N) is 2. The number of halogens is 3. The van der Waals surface area contributed by atoms with E-state index in [2.05, 4.69) is 36.3 Å². The van der Waals surface area contributed by atoms with E-state index in [4.69, 9.17) is 23.2 Å². The number of aryl methyl sites for hydroxylation is 1. The molecule has 0 aliphatic rings. The number of anilines is 1. The molecule has 1 amide bonds. The molecule has 0 saturated carbocycles. The quantitative estimate of drug-likeness (QED) is 0.340. The van der Waals surface area contributed by atoms with Crippen molar-refractivity contribution in [3.05, 3.63) is 80.0 Å². The van der Waals surface area contributed by atoms with Crippen molar-refractivity contribution < 1.29 is 4.79 Å². The van der Waals surface area contributed by atoms with Crippen LogP contribution in [0.25, 0.3) is 5.69 Å². The monoisotopic (exact) mass is 492 g/mol. The van der Waals surface area contributed by atoms with Gasteiger partial charge in [-0.25, -0.2) is 5.43 Å². The molecule has 1 aromatic heterocycles. The number of hydrazone groups is 1. The molecule has 2 N–H and O–H groups in total. The van der Waals surface area contributed by atoms with Crippen LogP contribution in [0, 0.1) is 13.8 Å². The average molecular weight is 494 g/mol. The van der Waals surface area contributed by atoms with Crippen LogP contribution in [-0.4, -0.2) is 23.2 Å². The second-order valence-electron chi connectivity index (χ2n) is 6.41. The van der Waals surface area contributed by atoms with Gasteiger partial charge in [-0.2, -0.15) is 5.10 Å². The second kappa shape index (κ2) is 9.48. The SMILES string of the molecule is Cc1cc(/C=N\NC(=O)CNc2ccc(Br)cc2)c(C)n1-c1ccc(Cl)c(Cl)c1. The molecule has 0 saturated heterocycles. The van der Waals surface area contributed by atoms with Crippen molar-refractivity contribution in [3.63, 3.8) is 0 Å². The van der Waals surface area contributed by atoms with Gasteiger partial charge in [0, 0.05) is 32.8 Å². The lowest BCUT2D eigenvalue weighted by Crippen LogP contribution is -2.25. The molecule has 0 aliphatic carbocycles. The Bertz CT molecular complexity index is 1060. The molecule has 3 aromatic rings. The summed E-state index contributed by atoms with van der Waals surface area (Å²) in [6.07, 6.45) is 1.63. The fourth-order valence-corrected chi connectivity index (χ4v) is 3.46. The number of aromatic nitrogens is 1. The number of benzene rings is 2. The molecule has 2 aromatic carbocycles. The van der Waals surface area contributed by atoms with Crippen molar-refractivity contribution in [2.45, 2.75) is 13.8 Å². The largest absolute Gasteiger partial charge is 0.376 e. The topological polar surface area (TPSA) is 58.4 Å². The Morgan fingerprint density at radius 1 is 1.10 bits per heavy atom. The van der Waals surface area contributed by atoms with E-state index in [1.165, 1.54) is 0 Å². The van der Waals surface area contributed by atoms with E-state index in [0.717, 1.165) is 32.8 Å². The Morgan fingerprint density at radius 2 is 1.83 bits per heavy atom. The maximum absolute atomic E-state index is 12.0. The number of nitrogens with zero attached hydrogens (tertiary/aromatic N) is 2. The summed E-state index contributed by atoms with van der Waals surface area (Å²) in [4.78, 5) is 12.0. The second-order valence-corrected chi connectivity index (χ2v) is 8.14. The number of carbonyl (C=O) groups excluding carboxylic acids is 1. The minimum absolute atomic E-state index is 0.126. The van der Waals surface area contributed by atoms with Crippen LogP contribution in [0.1, 0.15) is 17.0 Å². The summed E-state index contributed by atoms with van der Waals surface area (Å²) in [5.74, 6) is -0.234. The summed E-state index contributed by atoms with van der Waals surface area (Å²) in [6, 6.07) is 15.1. The number of hydrogen-bond donors (Lipinski definition) is 2. The molecule has 0 unspecified atom stereocenters. The third-order valence-electron chi connectivity index (χ3n) is 4.32. The predicted octanol–water partition coefficient (Wildman–Crippen LogP) is 5.73. The Labute approximate surface area is 187 Å². The molecule has 0 aliphatic heterocycles. The number of rotatable bonds is 6. The molecule has 0 bridgehead atoms. The van der Waals surface area contributed by atoms with Crippen molar-refractivity contribution in [2.24, 2.45) is 5.10 Å². The van der Waals surface area contributed by atoms with E-state index in [0.29, 0.717) is 10.0 Å². The Kier molecular flexibility index (Phi) is 7.00. The highest BCUT2D eigenvalue weighted by Gasteiger charge is 2.11. The molecule has 5 nitrogen and oxygen atoms in total. The summed E-state index contributed by atoms with van der Waals surface area (Å²) in [5, 5.41) is 8.13. The van der Waals surface area contributed by atoms with Crippen LogP contribution >= 0.6 is 39.1 Å². The van der Waals surface area contributed by atoms with E-state index in [1.54, 1.807) is 12.3 Å². The fraction of sp³-hybridized carbons (Fsp3) is 0.143. The van der Waals surface area contributed by atoms with Gasteiger partial charge in [0.2, 0.25) is 0 Å². The minimum Gasteiger partial charge on any atom is -0.376 e. The van der Waals surface area contributed by atoms with E-state index >= 15 is 0 Å². The highest BCUT2D eigenvalue weighted by molar-refractivity contribution is 9.10. The first-order chi connectivity index (χ1) is 13.8. The van der Waals surface area contributed by atoms with Crippen molar-refractivity contribution in [1.29, 1.82) is 0 Å². The van der Waals surface area contributed by atoms with Gasteiger partial charge in [-0.1, -0.05) is 39.1 Å². The fourth-order valence-electron chi connectivity index (χ4n) is 2.90. The maximum atomic E-state index is 12.0. The third-order valence-corrected chi connectivity index (χ3v) is 5.59. The zero-order valence-electron chi connectivity index (χ0n) is 15.8. The Balaban J connectivity index is 1.64. The molecule has 8 heteroatoms. The Hall–Kier alpha value is -2.28. The first-order valence-corrected chi connectivity index (χ1v) is 10.4. The van der Waals surface area contributed by atoms with Gasteiger partial charge in [0.1, 0.15) is 0 Å². The number of hydrogen-bond acceptors (Lipinski definition) is 3. The summed E-state index contributed by atoms with van der Waals surface area (Å²) in [7, 11) is 0. The van der Waals surface area contributed by atoms with Crippen molar-refractivity contribution in [2.75, 3.05) is 11.9 Å². The Morgan fingerprint density at radius 3 is 2.52 bits per heavy atom. The summed E-state index contributed by atoms with van der Waals surface area (Å²) < 4.78 is 3.04. The molecule has 0 spiro atoms. The molecule has 29 heavy (non-hydrogen) atoms. The molecule has 1 heterocycles. The van der Waals surface area contributed by atoms with Crippen molar-refractivity contribution in [1.82, 2.24) is 9.99 Å². The van der Waals surface area contributed by atoms with E-state index in [9.17, 15) is 4.79 Å². The van der Waals surface area contributed by atoms with Gasteiger partial charge < -0.3 is 9.88 Å². The van der Waals surface area contributed by atoms with Gasteiger partial charge in [0.05, 0.1) is 22.8 Å². The highest BCUT2D eigenvalue weighted by Crippen LogP contribution is 2.27. The summed E-state index contributed by atoms with van der Waals surface area (Å²) in [5.41, 5.74) is 7.20. The molecule has 0 fully saturated rings. The van der Waals surface area contributed by atoms with Gasteiger partial charge in [-0.3, -0.25) is 4.79 Å². The molecular weight excluding hydrogens is 475 g/mol. The first kappa shape index (κ1) is 21.4. The summed E-state index contributed by atoms with van der Waals surface area (Å²) >= 11 is 15.5. The molecule has 3 rings (SSSR count). The molecule has 0 atom stereocenters. The smallest absolute Gasteiger partial charge is 0.259 e. The van der Waals surface area contributed by atoms with E-state index < -0.39 is 0 Å². The zero-order chi connectivity index (χ0) is 21.0. The maximum Gasteiger partial charge on any atom is 0.259 e. The average Bonchev–Trinajstić information content (AvgIpc) is 2.97. The summed E-state index contributed by atoms with van der Waals surface area (Å²) in [6.45, 7) is 4.10. The lowest BCUT2D eigenvalue weighted by molar-refractivity contribution is -0.119. The van der Waals surface area contributed by atoms with E-state index in [-0.39, 0.29) is 12.5 Å². The van der Waals surface area contributed by atoms with Crippen LogP contribution in [0.3, 0.4) is 0 Å². The highest BCUT2D eigenvalue weighted by atomic mass is 79.9. The van der Waals surface area contributed by atoms with Gasteiger partial charge in [0.25, 0.3) is 5.91 Å². The predicted molar refractivity (Wildman–Crippen MR) is 124 cm³/mol. The minimum atomic E-state index is -0.234. The van der Waals surface area contributed by atoms with Crippen LogP contribution in [0.4, 0.5) is 5.69 Å². The van der Waals surface area contributed by atoms with Crippen molar-refractivity contribution in [3.8, 4) is 5.69 Å². The van der Waals surface area contributed by atoms with Crippen LogP contribution < -0.4 is 10.7 Å². The van der Waals surface area contributed by atoms with Gasteiger partial charge >= 0.3 is 0 Å². The molecule has 0 radical (unpaired) electrons. The van der Waals surface area contributed by atoms with Gasteiger partial charge in [-0.15, -0.1) is 0 Å². The number of carbonyl (C=O) groups is 1. The standard InChI is InChI=1S/C21H19BrCl2N4O/c1-13-9-15(14(2)28(13)18-7-8-19(23)20(24)10-18)11-26-27-21(29)12-25-17-5-3-16(22)4-6-17/h3-11,25H,12H2,1-2H3,(H,27,29)/b26-11-. The van der Waals surface area contributed by atoms with Crippen LogP contribution in [0.2, 0.25) is 10.0 Å².